The van der Waals surface area contributed by atoms with Crippen molar-refractivity contribution in [3.8, 4) is 5.75 Å². The van der Waals surface area contributed by atoms with E-state index in [-0.39, 0.29) is 10.9 Å². The van der Waals surface area contributed by atoms with Crippen molar-refractivity contribution in [2.24, 2.45) is 0 Å². The lowest BCUT2D eigenvalue weighted by atomic mass is 9.96. The monoisotopic (exact) mass is 531 g/mol. The van der Waals surface area contributed by atoms with E-state index in [1.54, 1.807) is 19.1 Å². The lowest BCUT2D eigenvalue weighted by molar-refractivity contribution is -0.136. The normalized spacial score (nSPS) is 15.4. The molecule has 0 aliphatic carbocycles. The molecule has 1 unspecified atom stereocenters. The number of unbranched alkanes of at least 4 members (excludes halogenated alkanes) is 1. The molecule has 2 aromatic rings. The Morgan fingerprint density at radius 1 is 1.14 bits per heavy atom. The van der Waals surface area contributed by atoms with E-state index in [0.717, 1.165) is 43.7 Å². The molecule has 0 saturated carbocycles. The molecule has 9 heteroatoms. The second-order valence-electron chi connectivity index (χ2n) is 9.53. The Bertz CT molecular complexity index is 1120. The van der Waals surface area contributed by atoms with Gasteiger partial charge in [-0.15, -0.1) is 0 Å². The maximum absolute atomic E-state index is 13.1. The van der Waals surface area contributed by atoms with Gasteiger partial charge in [0.25, 0.3) is 0 Å². The summed E-state index contributed by atoms with van der Waals surface area (Å²) < 4.78 is 39.2. The predicted molar refractivity (Wildman–Crippen MR) is 147 cm³/mol. The zero-order valence-electron chi connectivity index (χ0n) is 22.5. The van der Waals surface area contributed by atoms with Crippen molar-refractivity contribution in [3.63, 3.8) is 0 Å². The van der Waals surface area contributed by atoms with E-state index in [1.807, 2.05) is 31.2 Å². The van der Waals surface area contributed by atoms with Gasteiger partial charge in [0.1, 0.15) is 5.75 Å². The van der Waals surface area contributed by atoms with Crippen molar-refractivity contribution in [2.45, 2.75) is 50.8 Å². The molecule has 37 heavy (non-hydrogen) atoms. The molecule has 2 aromatic carbocycles. The van der Waals surface area contributed by atoms with Crippen molar-refractivity contribution in [1.29, 1.82) is 0 Å². The third-order valence-electron chi connectivity index (χ3n) is 6.77. The van der Waals surface area contributed by atoms with Crippen LogP contribution in [0.15, 0.2) is 47.4 Å². The summed E-state index contributed by atoms with van der Waals surface area (Å²) in [5.41, 5.74) is 2.61. The van der Waals surface area contributed by atoms with Gasteiger partial charge in [-0.25, -0.2) is 13.1 Å². The van der Waals surface area contributed by atoms with Crippen LogP contribution in [-0.4, -0.2) is 72.3 Å². The zero-order valence-corrected chi connectivity index (χ0v) is 23.4. The lowest BCUT2D eigenvalue weighted by Gasteiger charge is -2.26. The summed E-state index contributed by atoms with van der Waals surface area (Å²) in [5.74, 6) is -0.386. The Morgan fingerprint density at radius 2 is 1.84 bits per heavy atom. The minimum atomic E-state index is -3.66. The number of ether oxygens (including phenoxy) is 2. The first-order valence-electron chi connectivity index (χ1n) is 13.2. The van der Waals surface area contributed by atoms with Crippen LogP contribution >= 0.6 is 0 Å². The van der Waals surface area contributed by atoms with Gasteiger partial charge >= 0.3 is 5.97 Å². The molecular weight excluding hydrogens is 490 g/mol. The number of benzene rings is 2. The molecule has 0 radical (unpaired) electrons. The van der Waals surface area contributed by atoms with E-state index in [9.17, 15) is 13.2 Å². The second kappa shape index (κ2) is 13.9. The minimum Gasteiger partial charge on any atom is -0.426 e. The van der Waals surface area contributed by atoms with Crippen LogP contribution in [0.4, 0.5) is 5.69 Å². The molecule has 1 heterocycles. The number of carbonyl (C=O) groups excluding carboxylic acids is 1. The molecule has 0 aromatic heterocycles. The molecule has 204 valence electrons. The molecule has 1 aliphatic heterocycles. The number of hydrogen-bond acceptors (Lipinski definition) is 7. The number of nitrogens with zero attached hydrogens (tertiary/aromatic N) is 2. The number of hydrogen-bond donors (Lipinski definition) is 1. The number of esters is 1. The quantitative estimate of drug-likeness (QED) is 0.309. The smallest absolute Gasteiger partial charge is 0.318 e. The van der Waals surface area contributed by atoms with Crippen LogP contribution in [0.3, 0.4) is 0 Å². The van der Waals surface area contributed by atoms with E-state index in [4.69, 9.17) is 9.47 Å². The first kappa shape index (κ1) is 29.1. The van der Waals surface area contributed by atoms with Gasteiger partial charge in [-0.1, -0.05) is 32.4 Å². The predicted octanol–water partition coefficient (Wildman–Crippen LogP) is 3.94. The molecule has 0 bridgehead atoms. The summed E-state index contributed by atoms with van der Waals surface area (Å²) in [5, 5.41) is 0. The van der Waals surface area contributed by atoms with Crippen molar-refractivity contribution in [1.82, 2.24) is 9.62 Å². The Kier molecular flexibility index (Phi) is 10.9. The fourth-order valence-corrected chi connectivity index (χ4v) is 5.46. The number of carbonyl (C=O) groups is 1. The third-order valence-corrected chi connectivity index (χ3v) is 8.23. The minimum absolute atomic E-state index is 0.154. The second-order valence-corrected chi connectivity index (χ2v) is 11.3. The van der Waals surface area contributed by atoms with Crippen molar-refractivity contribution in [3.05, 3.63) is 53.6 Å². The van der Waals surface area contributed by atoms with Gasteiger partial charge in [0, 0.05) is 45.5 Å². The Morgan fingerprint density at radius 3 is 2.46 bits per heavy atom. The van der Waals surface area contributed by atoms with Crippen LogP contribution in [0.5, 0.6) is 5.75 Å². The molecule has 1 N–H and O–H groups in total. The first-order valence-corrected chi connectivity index (χ1v) is 14.7. The number of sulfonamides is 1. The van der Waals surface area contributed by atoms with E-state index in [1.165, 1.54) is 6.07 Å². The Balaban J connectivity index is 1.61. The standard InChI is InChI=1S/C28H41N3O5S/c1-5-7-15-30(4)24-10-8-23(9-11-24)26(6-2)28(32)36-27-13-12-25(21-22(27)3)37(33,34)29-14-16-31-17-19-35-20-18-31/h8-13,21,26,29H,5-7,14-20H2,1-4H3. The first-order chi connectivity index (χ1) is 17.7. The number of anilines is 1. The van der Waals surface area contributed by atoms with Crippen LogP contribution in [-0.2, 0) is 19.6 Å². The molecule has 1 atom stereocenters. The maximum atomic E-state index is 13.1. The fraction of sp³-hybridized carbons (Fsp3) is 0.536. The molecule has 1 aliphatic rings. The Hall–Kier alpha value is -2.46. The van der Waals surface area contributed by atoms with Crippen LogP contribution in [0, 0.1) is 6.92 Å². The molecular formula is C28H41N3O5S. The van der Waals surface area contributed by atoms with Gasteiger partial charge in [-0.3, -0.25) is 9.69 Å². The third kappa shape index (κ3) is 8.26. The zero-order chi connectivity index (χ0) is 26.8. The summed E-state index contributed by atoms with van der Waals surface area (Å²) in [6.45, 7) is 10.8. The highest BCUT2D eigenvalue weighted by Crippen LogP contribution is 2.28. The molecule has 0 spiro atoms. The average molecular weight is 532 g/mol. The van der Waals surface area contributed by atoms with Crippen molar-refractivity contribution < 1.29 is 22.7 Å². The van der Waals surface area contributed by atoms with E-state index >= 15 is 0 Å². The Labute approximate surface area is 222 Å². The van der Waals surface area contributed by atoms with Crippen LogP contribution in [0.25, 0.3) is 0 Å². The topological polar surface area (TPSA) is 88.2 Å². The van der Waals surface area contributed by atoms with E-state index < -0.39 is 15.9 Å². The molecule has 1 saturated heterocycles. The van der Waals surface area contributed by atoms with Gasteiger partial charge in [-0.05, 0) is 61.2 Å². The summed E-state index contributed by atoms with van der Waals surface area (Å²) in [6, 6.07) is 12.6. The SMILES string of the molecule is CCCCN(C)c1ccc(C(CC)C(=O)Oc2ccc(S(=O)(=O)NCCN3CCOCC3)cc2C)cc1. The number of nitrogens with one attached hydrogen (secondary N) is 1. The van der Waals surface area contributed by atoms with Gasteiger partial charge < -0.3 is 14.4 Å². The summed E-state index contributed by atoms with van der Waals surface area (Å²) in [4.78, 5) is 17.6. The highest BCUT2D eigenvalue weighted by Gasteiger charge is 2.23. The largest absolute Gasteiger partial charge is 0.426 e. The highest BCUT2D eigenvalue weighted by molar-refractivity contribution is 7.89. The molecule has 1 fully saturated rings. The molecule has 3 rings (SSSR count). The van der Waals surface area contributed by atoms with Crippen molar-refractivity contribution >= 4 is 21.7 Å². The summed E-state index contributed by atoms with van der Waals surface area (Å²) >= 11 is 0. The molecule has 0 amide bonds. The van der Waals surface area contributed by atoms with Gasteiger partial charge in [-0.2, -0.15) is 0 Å². The molecule has 8 nitrogen and oxygen atoms in total. The lowest BCUT2D eigenvalue weighted by Crippen LogP contribution is -2.41. The van der Waals surface area contributed by atoms with Crippen LogP contribution in [0.1, 0.15) is 50.2 Å². The maximum Gasteiger partial charge on any atom is 0.318 e. The number of aryl methyl sites for hydroxylation is 1. The number of rotatable bonds is 13. The van der Waals surface area contributed by atoms with Crippen LogP contribution in [0.2, 0.25) is 0 Å². The average Bonchev–Trinajstić information content (AvgIpc) is 2.89. The van der Waals surface area contributed by atoms with Crippen molar-refractivity contribution in [2.75, 3.05) is 57.9 Å². The van der Waals surface area contributed by atoms with E-state index in [2.05, 4.69) is 28.5 Å². The summed E-state index contributed by atoms with van der Waals surface area (Å²) in [6.07, 6.45) is 2.87. The highest BCUT2D eigenvalue weighted by atomic mass is 32.2. The van der Waals surface area contributed by atoms with Crippen LogP contribution < -0.4 is 14.4 Å². The van der Waals surface area contributed by atoms with Gasteiger partial charge in [0.05, 0.1) is 24.0 Å². The van der Waals surface area contributed by atoms with E-state index in [0.29, 0.717) is 44.0 Å². The van der Waals surface area contributed by atoms with Gasteiger partial charge in [0.15, 0.2) is 0 Å². The summed E-state index contributed by atoms with van der Waals surface area (Å²) in [7, 11) is -1.59. The fourth-order valence-electron chi connectivity index (χ4n) is 4.35. The number of morpholine rings is 1. The van der Waals surface area contributed by atoms with Gasteiger partial charge in [0.2, 0.25) is 10.0 Å².